The average molecular weight is 362 g/mol. The van der Waals surface area contributed by atoms with Crippen LogP contribution in [0.1, 0.15) is 66.2 Å². The zero-order chi connectivity index (χ0) is 18.0. The van der Waals surface area contributed by atoms with Crippen LogP contribution in [0.3, 0.4) is 0 Å². The molecule has 1 aliphatic rings. The first-order valence-electron chi connectivity index (χ1n) is 8.81. The van der Waals surface area contributed by atoms with Crippen molar-refractivity contribution in [1.82, 2.24) is 10.2 Å². The van der Waals surface area contributed by atoms with Gasteiger partial charge < -0.3 is 10.8 Å². The summed E-state index contributed by atoms with van der Waals surface area (Å²) < 4.78 is 0. The number of aliphatic hydroxyl groups is 1. The van der Waals surface area contributed by atoms with E-state index in [1.54, 1.807) is 6.07 Å². The van der Waals surface area contributed by atoms with E-state index in [0.29, 0.717) is 11.3 Å². The summed E-state index contributed by atoms with van der Waals surface area (Å²) >= 11 is 6.43. The van der Waals surface area contributed by atoms with Crippen LogP contribution in [0.2, 0.25) is 5.02 Å². The van der Waals surface area contributed by atoms with E-state index in [4.69, 9.17) is 17.3 Å². The molecule has 1 unspecified atom stereocenters. The third-order valence-electron chi connectivity index (χ3n) is 5.03. The molecule has 5 nitrogen and oxygen atoms in total. The fourth-order valence-corrected chi connectivity index (χ4v) is 3.95. The standard InChI is InChI=1S/C19H24ClN3O2/c1-11-8-16(23-22-11)13-9-14(17(20)15(10-13)19(21)25)18(24)12-6-4-2-3-5-7-12/h8-10,12,18,24H,2-7H2,1H3,(H2,21,25)(H,22,23). The summed E-state index contributed by atoms with van der Waals surface area (Å²) in [4.78, 5) is 11.8. The van der Waals surface area contributed by atoms with Crippen LogP contribution in [0, 0.1) is 12.8 Å². The van der Waals surface area contributed by atoms with Crippen LogP contribution in [-0.4, -0.2) is 21.2 Å². The van der Waals surface area contributed by atoms with Gasteiger partial charge in [0.15, 0.2) is 0 Å². The van der Waals surface area contributed by atoms with Crippen LogP contribution in [0.5, 0.6) is 0 Å². The lowest BCUT2D eigenvalue weighted by Gasteiger charge is -2.23. The normalized spacial score (nSPS) is 17.2. The number of primary amides is 1. The Labute approximate surface area is 152 Å². The number of carbonyl (C=O) groups excluding carboxylic acids is 1. The summed E-state index contributed by atoms with van der Waals surface area (Å²) in [6.45, 7) is 1.91. The van der Waals surface area contributed by atoms with Crippen molar-refractivity contribution in [3.8, 4) is 11.3 Å². The molecule has 1 heterocycles. The molecule has 4 N–H and O–H groups in total. The number of aromatic amines is 1. The largest absolute Gasteiger partial charge is 0.388 e. The fraction of sp³-hybridized carbons (Fsp3) is 0.474. The molecule has 0 bridgehead atoms. The van der Waals surface area contributed by atoms with Gasteiger partial charge in [0.2, 0.25) is 5.91 Å². The Kier molecular flexibility index (Phi) is 5.45. The summed E-state index contributed by atoms with van der Waals surface area (Å²) in [5, 5.41) is 18.4. The molecule has 3 rings (SSSR count). The number of H-pyrrole nitrogens is 1. The number of halogens is 1. The number of hydrogen-bond donors (Lipinski definition) is 3. The van der Waals surface area contributed by atoms with Crippen molar-refractivity contribution in [2.45, 2.75) is 51.6 Å². The molecular formula is C19H24ClN3O2. The number of nitrogens with one attached hydrogen (secondary N) is 1. The molecule has 1 aromatic carbocycles. The highest BCUT2D eigenvalue weighted by molar-refractivity contribution is 6.34. The summed E-state index contributed by atoms with van der Waals surface area (Å²) in [7, 11) is 0. The second kappa shape index (κ2) is 7.58. The van der Waals surface area contributed by atoms with Crippen LogP contribution in [0.15, 0.2) is 18.2 Å². The van der Waals surface area contributed by atoms with E-state index < -0.39 is 12.0 Å². The summed E-state index contributed by atoms with van der Waals surface area (Å²) in [5.74, 6) is -0.453. The fourth-order valence-electron chi connectivity index (χ4n) is 3.64. The van der Waals surface area contributed by atoms with E-state index in [-0.39, 0.29) is 16.5 Å². The molecule has 134 valence electrons. The maximum Gasteiger partial charge on any atom is 0.250 e. The minimum Gasteiger partial charge on any atom is -0.388 e. The number of rotatable bonds is 4. The number of nitrogens with zero attached hydrogens (tertiary/aromatic N) is 1. The number of carbonyl (C=O) groups is 1. The van der Waals surface area contributed by atoms with Crippen molar-refractivity contribution in [2.75, 3.05) is 0 Å². The third kappa shape index (κ3) is 3.88. The lowest BCUT2D eigenvalue weighted by molar-refractivity contribution is 0.0977. The van der Waals surface area contributed by atoms with Gasteiger partial charge in [-0.1, -0.05) is 37.3 Å². The Balaban J connectivity index is 2.04. The van der Waals surface area contributed by atoms with Gasteiger partial charge in [-0.2, -0.15) is 5.10 Å². The van der Waals surface area contributed by atoms with Gasteiger partial charge in [-0.3, -0.25) is 9.89 Å². The molecule has 0 aliphatic heterocycles. The van der Waals surface area contributed by atoms with Crippen molar-refractivity contribution in [3.63, 3.8) is 0 Å². The van der Waals surface area contributed by atoms with Gasteiger partial charge in [-0.05, 0) is 43.9 Å². The first-order chi connectivity index (χ1) is 12.0. The van der Waals surface area contributed by atoms with Crippen molar-refractivity contribution in [2.24, 2.45) is 11.7 Å². The number of benzene rings is 1. The number of aromatic nitrogens is 2. The smallest absolute Gasteiger partial charge is 0.250 e. The molecule has 1 amide bonds. The van der Waals surface area contributed by atoms with Gasteiger partial charge in [-0.15, -0.1) is 0 Å². The maximum atomic E-state index is 11.8. The minimum atomic E-state index is -0.705. The molecule has 1 saturated carbocycles. The van der Waals surface area contributed by atoms with E-state index >= 15 is 0 Å². The topological polar surface area (TPSA) is 92.0 Å². The van der Waals surface area contributed by atoms with Crippen LogP contribution < -0.4 is 5.73 Å². The highest BCUT2D eigenvalue weighted by atomic mass is 35.5. The van der Waals surface area contributed by atoms with Crippen LogP contribution in [0.25, 0.3) is 11.3 Å². The highest BCUT2D eigenvalue weighted by Gasteiger charge is 2.27. The van der Waals surface area contributed by atoms with Crippen molar-refractivity contribution in [1.29, 1.82) is 0 Å². The van der Waals surface area contributed by atoms with Gasteiger partial charge in [-0.25, -0.2) is 0 Å². The Hall–Kier alpha value is -1.85. The molecular weight excluding hydrogens is 338 g/mol. The predicted molar refractivity (Wildman–Crippen MR) is 98.4 cm³/mol. The van der Waals surface area contributed by atoms with E-state index in [1.807, 2.05) is 19.1 Å². The summed E-state index contributed by atoms with van der Waals surface area (Å²) in [6, 6.07) is 5.36. The SMILES string of the molecule is Cc1cc(-c2cc(C(N)=O)c(Cl)c(C(O)C3CCCCCC3)c2)n[nH]1. The molecule has 1 atom stereocenters. The molecule has 0 saturated heterocycles. The number of aryl methyl sites for hydroxylation is 1. The van der Waals surface area contributed by atoms with E-state index in [1.165, 1.54) is 12.8 Å². The summed E-state index contributed by atoms with van der Waals surface area (Å²) in [5.41, 5.74) is 8.64. The molecule has 1 aliphatic carbocycles. The van der Waals surface area contributed by atoms with Gasteiger partial charge in [0.1, 0.15) is 0 Å². The molecule has 6 heteroatoms. The quantitative estimate of drug-likeness (QED) is 0.714. The van der Waals surface area contributed by atoms with Gasteiger partial charge in [0.25, 0.3) is 0 Å². The van der Waals surface area contributed by atoms with Crippen LogP contribution >= 0.6 is 11.6 Å². The zero-order valence-electron chi connectivity index (χ0n) is 14.4. The summed E-state index contributed by atoms with van der Waals surface area (Å²) in [6.07, 6.45) is 5.86. The Bertz CT molecular complexity index is 764. The van der Waals surface area contributed by atoms with E-state index in [9.17, 15) is 9.90 Å². The van der Waals surface area contributed by atoms with E-state index in [2.05, 4.69) is 10.2 Å². The number of amides is 1. The first-order valence-corrected chi connectivity index (χ1v) is 9.19. The van der Waals surface area contributed by atoms with Gasteiger partial charge in [0.05, 0.1) is 22.4 Å². The third-order valence-corrected chi connectivity index (χ3v) is 5.45. The Morgan fingerprint density at radius 2 is 1.96 bits per heavy atom. The number of nitrogens with two attached hydrogens (primary N) is 1. The molecule has 2 aromatic rings. The molecule has 1 fully saturated rings. The second-order valence-corrected chi connectivity index (χ2v) is 7.30. The van der Waals surface area contributed by atoms with E-state index in [0.717, 1.165) is 36.9 Å². The monoisotopic (exact) mass is 361 g/mol. The maximum absolute atomic E-state index is 11.8. The predicted octanol–water partition coefficient (Wildman–Crippen LogP) is 4.14. The van der Waals surface area contributed by atoms with Gasteiger partial charge in [0, 0.05) is 16.8 Å². The highest BCUT2D eigenvalue weighted by Crippen LogP contribution is 2.39. The Morgan fingerprint density at radius 1 is 1.28 bits per heavy atom. The molecule has 0 radical (unpaired) electrons. The second-order valence-electron chi connectivity index (χ2n) is 6.92. The molecule has 0 spiro atoms. The Morgan fingerprint density at radius 3 is 2.52 bits per heavy atom. The lowest BCUT2D eigenvalue weighted by atomic mass is 9.87. The average Bonchev–Trinajstić information content (AvgIpc) is 2.85. The number of aliphatic hydroxyl groups excluding tert-OH is 1. The van der Waals surface area contributed by atoms with Gasteiger partial charge >= 0.3 is 0 Å². The van der Waals surface area contributed by atoms with Crippen molar-refractivity contribution in [3.05, 3.63) is 40.0 Å². The van der Waals surface area contributed by atoms with Crippen LogP contribution in [0.4, 0.5) is 0 Å². The molecule has 25 heavy (non-hydrogen) atoms. The number of hydrogen-bond acceptors (Lipinski definition) is 3. The van der Waals surface area contributed by atoms with Crippen molar-refractivity contribution < 1.29 is 9.90 Å². The van der Waals surface area contributed by atoms with Crippen LogP contribution in [-0.2, 0) is 0 Å². The molecule has 1 aromatic heterocycles. The minimum absolute atomic E-state index is 0.150. The first kappa shape index (κ1) is 18.0. The lowest BCUT2D eigenvalue weighted by Crippen LogP contribution is -2.17. The van der Waals surface area contributed by atoms with Crippen molar-refractivity contribution >= 4 is 17.5 Å². The zero-order valence-corrected chi connectivity index (χ0v) is 15.1.